The molecule has 6 nitrogen and oxygen atoms in total. The fraction of sp³-hybridized carbons (Fsp3) is 0. The molecule has 0 fully saturated rings. The maximum Gasteiger partial charge on any atom is 0.282 e. The van der Waals surface area contributed by atoms with Gasteiger partial charge < -0.3 is 10.7 Å². The lowest BCUT2D eigenvalue weighted by Crippen LogP contribution is -2.12. The van der Waals surface area contributed by atoms with Crippen molar-refractivity contribution < 1.29 is 8.42 Å². The van der Waals surface area contributed by atoms with Gasteiger partial charge in [0.05, 0.1) is 16.7 Å². The topological polar surface area (TPSA) is 105 Å². The summed E-state index contributed by atoms with van der Waals surface area (Å²) >= 11 is 0. The largest absolute Gasteiger partial charge is 0.399 e. The molecule has 0 saturated heterocycles. The molecule has 3 N–H and O–H groups in total. The summed E-state index contributed by atoms with van der Waals surface area (Å²) < 4.78 is 27.9. The Bertz CT molecular complexity index is 1050. The van der Waals surface area contributed by atoms with Crippen LogP contribution in [0, 0.1) is 0 Å². The normalized spacial score (nSPS) is 12.0. The SMILES string of the molecule is Nc1ccc(S(=O)(=O)/N=C/c2cc3ccccc3[nH]c2=O)cc1. The second-order valence-corrected chi connectivity index (χ2v) is 6.55. The van der Waals surface area contributed by atoms with Crippen LogP contribution in [0.5, 0.6) is 0 Å². The molecule has 0 spiro atoms. The predicted octanol–water partition coefficient (Wildman–Crippen LogP) is 1.92. The number of aromatic nitrogens is 1. The number of rotatable bonds is 3. The minimum Gasteiger partial charge on any atom is -0.399 e. The first-order chi connectivity index (χ1) is 11.0. The molecule has 1 heterocycles. The van der Waals surface area contributed by atoms with Crippen molar-refractivity contribution in [1.29, 1.82) is 0 Å². The number of hydrogen-bond acceptors (Lipinski definition) is 4. The summed E-state index contributed by atoms with van der Waals surface area (Å²) in [6.07, 6.45) is 1.05. The molecule has 3 rings (SSSR count). The second kappa shape index (κ2) is 5.69. The van der Waals surface area contributed by atoms with Crippen molar-refractivity contribution in [2.45, 2.75) is 4.90 Å². The number of nitrogens with one attached hydrogen (secondary N) is 1. The van der Waals surface area contributed by atoms with Crippen LogP contribution in [0.4, 0.5) is 5.69 Å². The van der Waals surface area contributed by atoms with Crippen LogP contribution in [-0.2, 0) is 10.0 Å². The van der Waals surface area contributed by atoms with E-state index in [1.807, 2.05) is 12.1 Å². The molecule has 7 heteroatoms. The Hall–Kier alpha value is -2.93. The van der Waals surface area contributed by atoms with Gasteiger partial charge in [-0.25, -0.2) is 0 Å². The quantitative estimate of drug-likeness (QED) is 0.566. The van der Waals surface area contributed by atoms with Gasteiger partial charge in [-0.1, -0.05) is 18.2 Å². The van der Waals surface area contributed by atoms with E-state index in [1.54, 1.807) is 18.2 Å². The first kappa shape index (κ1) is 15.0. The molecule has 2 aromatic carbocycles. The molecule has 1 aromatic heterocycles. The molecule has 0 aliphatic carbocycles. The minimum atomic E-state index is -3.88. The lowest BCUT2D eigenvalue weighted by molar-refractivity contribution is 0.598. The molecule has 0 bridgehead atoms. The van der Waals surface area contributed by atoms with Crippen LogP contribution in [-0.4, -0.2) is 19.6 Å². The summed E-state index contributed by atoms with van der Waals surface area (Å²) in [5.74, 6) is 0. The van der Waals surface area contributed by atoms with Crippen molar-refractivity contribution in [3.63, 3.8) is 0 Å². The van der Waals surface area contributed by atoms with E-state index in [2.05, 4.69) is 9.38 Å². The van der Waals surface area contributed by atoms with Crippen LogP contribution in [0.15, 0.2) is 68.7 Å². The number of nitrogen functional groups attached to an aromatic ring is 1. The third-order valence-electron chi connectivity index (χ3n) is 3.29. The standard InChI is InChI=1S/C16H13N3O3S/c17-13-5-7-14(8-6-13)23(21,22)18-10-12-9-11-3-1-2-4-15(11)19-16(12)20/h1-10H,17H2,(H,19,20)/b18-10+. The zero-order valence-electron chi connectivity index (χ0n) is 11.9. The van der Waals surface area contributed by atoms with Gasteiger partial charge in [-0.3, -0.25) is 4.79 Å². The Morgan fingerprint density at radius 3 is 2.48 bits per heavy atom. The molecule has 0 atom stereocenters. The van der Waals surface area contributed by atoms with Gasteiger partial charge in [-0.2, -0.15) is 12.8 Å². The van der Waals surface area contributed by atoms with Crippen molar-refractivity contribution in [3.8, 4) is 0 Å². The summed E-state index contributed by atoms with van der Waals surface area (Å²) in [7, 11) is -3.88. The molecule has 116 valence electrons. The van der Waals surface area contributed by atoms with E-state index in [0.717, 1.165) is 11.6 Å². The van der Waals surface area contributed by atoms with Gasteiger partial charge in [0, 0.05) is 11.2 Å². The van der Waals surface area contributed by atoms with Gasteiger partial charge in [0.2, 0.25) is 0 Å². The molecular weight excluding hydrogens is 314 g/mol. The van der Waals surface area contributed by atoms with Gasteiger partial charge in [0.15, 0.2) is 0 Å². The molecule has 0 aliphatic heterocycles. The third kappa shape index (κ3) is 3.14. The van der Waals surface area contributed by atoms with Crippen molar-refractivity contribution in [2.75, 3.05) is 5.73 Å². The maximum atomic E-state index is 12.1. The fourth-order valence-corrected chi connectivity index (χ4v) is 2.94. The second-order valence-electron chi connectivity index (χ2n) is 4.92. The number of benzene rings is 2. The van der Waals surface area contributed by atoms with Crippen LogP contribution in [0.1, 0.15) is 5.56 Å². The summed E-state index contributed by atoms with van der Waals surface area (Å²) in [5, 5.41) is 0.790. The lowest BCUT2D eigenvalue weighted by Gasteiger charge is -2.00. The number of nitrogens with two attached hydrogens (primary N) is 1. The molecule has 0 amide bonds. The average molecular weight is 327 g/mol. The third-order valence-corrected chi connectivity index (χ3v) is 4.54. The van der Waals surface area contributed by atoms with Gasteiger partial charge in [0.1, 0.15) is 0 Å². The summed E-state index contributed by atoms with van der Waals surface area (Å²) in [6.45, 7) is 0. The Morgan fingerprint density at radius 2 is 1.74 bits per heavy atom. The van der Waals surface area contributed by atoms with Gasteiger partial charge in [-0.15, -0.1) is 0 Å². The molecule has 0 unspecified atom stereocenters. The Morgan fingerprint density at radius 1 is 1.04 bits per heavy atom. The number of anilines is 1. The molecule has 0 saturated carbocycles. The van der Waals surface area contributed by atoms with E-state index in [-0.39, 0.29) is 10.5 Å². The molecule has 0 aliphatic rings. The van der Waals surface area contributed by atoms with Gasteiger partial charge in [-0.05, 0) is 41.8 Å². The number of hydrogen-bond donors (Lipinski definition) is 2. The number of para-hydroxylation sites is 1. The van der Waals surface area contributed by atoms with Crippen LogP contribution >= 0.6 is 0 Å². The molecule has 23 heavy (non-hydrogen) atoms. The van der Waals surface area contributed by atoms with E-state index in [1.165, 1.54) is 24.3 Å². The van der Waals surface area contributed by atoms with E-state index in [9.17, 15) is 13.2 Å². The number of nitrogens with zero attached hydrogens (tertiary/aromatic N) is 1. The van der Waals surface area contributed by atoms with Crippen molar-refractivity contribution in [1.82, 2.24) is 4.98 Å². The van der Waals surface area contributed by atoms with Crippen LogP contribution in [0.3, 0.4) is 0 Å². The monoisotopic (exact) mass is 327 g/mol. The maximum absolute atomic E-state index is 12.1. The highest BCUT2D eigenvalue weighted by Gasteiger charge is 2.11. The van der Waals surface area contributed by atoms with Gasteiger partial charge in [0.25, 0.3) is 15.6 Å². The van der Waals surface area contributed by atoms with E-state index < -0.39 is 15.6 Å². The lowest BCUT2D eigenvalue weighted by atomic mass is 10.2. The number of H-pyrrole nitrogens is 1. The first-order valence-electron chi connectivity index (χ1n) is 6.74. The number of pyridine rings is 1. The summed E-state index contributed by atoms with van der Waals surface area (Å²) in [5.41, 5.74) is 6.43. The summed E-state index contributed by atoms with van der Waals surface area (Å²) in [6, 6.07) is 14.5. The molecule has 0 radical (unpaired) electrons. The molecule has 3 aromatic rings. The van der Waals surface area contributed by atoms with Crippen molar-refractivity contribution in [3.05, 3.63) is 70.5 Å². The zero-order valence-corrected chi connectivity index (χ0v) is 12.7. The predicted molar refractivity (Wildman–Crippen MR) is 90.2 cm³/mol. The Kier molecular flexibility index (Phi) is 3.71. The van der Waals surface area contributed by atoms with Crippen LogP contribution in [0.2, 0.25) is 0 Å². The zero-order chi connectivity index (χ0) is 16.4. The first-order valence-corrected chi connectivity index (χ1v) is 8.18. The van der Waals surface area contributed by atoms with Gasteiger partial charge >= 0.3 is 0 Å². The number of sulfonamides is 1. The van der Waals surface area contributed by atoms with Crippen molar-refractivity contribution in [2.24, 2.45) is 4.40 Å². The van der Waals surface area contributed by atoms with E-state index in [0.29, 0.717) is 11.2 Å². The molecular formula is C16H13N3O3S. The average Bonchev–Trinajstić information content (AvgIpc) is 2.53. The number of aromatic amines is 1. The van der Waals surface area contributed by atoms with Crippen LogP contribution in [0.25, 0.3) is 10.9 Å². The van der Waals surface area contributed by atoms with Crippen LogP contribution < -0.4 is 11.3 Å². The number of fused-ring (bicyclic) bond motifs is 1. The highest BCUT2D eigenvalue weighted by molar-refractivity contribution is 7.90. The highest BCUT2D eigenvalue weighted by atomic mass is 32.2. The Balaban J connectivity index is 2.00. The Labute approximate surface area is 132 Å². The highest BCUT2D eigenvalue weighted by Crippen LogP contribution is 2.14. The van der Waals surface area contributed by atoms with Crippen molar-refractivity contribution >= 4 is 32.8 Å². The van der Waals surface area contributed by atoms with E-state index in [4.69, 9.17) is 5.73 Å². The minimum absolute atomic E-state index is 0.0140. The smallest absolute Gasteiger partial charge is 0.282 e. The fourth-order valence-electron chi connectivity index (χ4n) is 2.09. The summed E-state index contributed by atoms with van der Waals surface area (Å²) in [4.78, 5) is 14.7. The van der Waals surface area contributed by atoms with E-state index >= 15 is 0 Å².